The molecule has 0 atom stereocenters. The molecule has 1 aliphatic carbocycles. The van der Waals surface area contributed by atoms with Crippen LogP contribution in [0.15, 0.2) is 0 Å². The van der Waals surface area contributed by atoms with E-state index in [1.807, 2.05) is 0 Å². The maximum atomic E-state index is 3.78. The van der Waals surface area contributed by atoms with Crippen molar-refractivity contribution in [1.82, 2.24) is 10.6 Å². The lowest BCUT2D eigenvalue weighted by Gasteiger charge is -2.26. The minimum Gasteiger partial charge on any atom is -0.317 e. The Morgan fingerprint density at radius 1 is 0.846 bits per heavy atom. The van der Waals surface area contributed by atoms with Crippen LogP contribution in [-0.2, 0) is 0 Å². The van der Waals surface area contributed by atoms with E-state index in [9.17, 15) is 0 Å². The predicted octanol–water partition coefficient (Wildman–Crippen LogP) is 1.69. The van der Waals surface area contributed by atoms with E-state index in [2.05, 4.69) is 10.6 Å². The van der Waals surface area contributed by atoms with E-state index in [4.69, 9.17) is 0 Å². The molecule has 2 nitrogen and oxygen atoms in total. The van der Waals surface area contributed by atoms with Crippen molar-refractivity contribution >= 4 is 12.4 Å². The van der Waals surface area contributed by atoms with Crippen LogP contribution in [0, 0.1) is 0 Å². The third kappa shape index (κ3) is 3.45. The fraction of sp³-hybridized carbons (Fsp3) is 1.00. The van der Waals surface area contributed by atoms with Crippen LogP contribution in [0.5, 0.6) is 0 Å². The summed E-state index contributed by atoms with van der Waals surface area (Å²) in [6, 6.07) is 1.67. The Hall–Kier alpha value is 0.210. The second kappa shape index (κ2) is 5.84. The van der Waals surface area contributed by atoms with Crippen LogP contribution in [0.1, 0.15) is 38.5 Å². The quantitative estimate of drug-likeness (QED) is 0.716. The Morgan fingerprint density at radius 2 is 1.38 bits per heavy atom. The topological polar surface area (TPSA) is 24.1 Å². The molecule has 3 heteroatoms. The molecule has 0 aromatic rings. The van der Waals surface area contributed by atoms with Gasteiger partial charge in [-0.3, -0.25) is 0 Å². The highest BCUT2D eigenvalue weighted by Crippen LogP contribution is 2.19. The van der Waals surface area contributed by atoms with Gasteiger partial charge in [0.1, 0.15) is 0 Å². The molecule has 0 radical (unpaired) electrons. The molecular weight excluding hydrogens is 184 g/mol. The number of hydrogen-bond donors (Lipinski definition) is 2. The van der Waals surface area contributed by atoms with Crippen LogP contribution in [0.25, 0.3) is 0 Å². The lowest BCUT2D eigenvalue weighted by atomic mass is 10.1. The Labute approximate surface area is 87.3 Å². The summed E-state index contributed by atoms with van der Waals surface area (Å²) in [5, 5.41) is 7.18. The van der Waals surface area contributed by atoms with Gasteiger partial charge < -0.3 is 10.6 Å². The lowest BCUT2D eigenvalue weighted by molar-refractivity contribution is 0.348. The van der Waals surface area contributed by atoms with Gasteiger partial charge >= 0.3 is 0 Å². The minimum atomic E-state index is 0. The zero-order valence-electron chi connectivity index (χ0n) is 8.22. The SMILES string of the molecule is C1CCC(NC2CCNCC2)C1.Cl. The number of rotatable bonds is 2. The first kappa shape index (κ1) is 11.3. The number of halogens is 1. The average molecular weight is 205 g/mol. The highest BCUT2D eigenvalue weighted by Gasteiger charge is 2.19. The van der Waals surface area contributed by atoms with Gasteiger partial charge in [0.2, 0.25) is 0 Å². The van der Waals surface area contributed by atoms with Gasteiger partial charge in [-0.2, -0.15) is 0 Å². The van der Waals surface area contributed by atoms with Crippen molar-refractivity contribution in [2.75, 3.05) is 13.1 Å². The summed E-state index contributed by atoms with van der Waals surface area (Å²) in [6.07, 6.45) is 8.39. The van der Waals surface area contributed by atoms with Crippen molar-refractivity contribution in [3.8, 4) is 0 Å². The van der Waals surface area contributed by atoms with E-state index < -0.39 is 0 Å². The molecule has 0 aromatic carbocycles. The highest BCUT2D eigenvalue weighted by molar-refractivity contribution is 5.85. The molecular formula is C10H21ClN2. The summed E-state index contributed by atoms with van der Waals surface area (Å²) in [5.41, 5.74) is 0. The molecule has 0 amide bonds. The Bertz CT molecular complexity index is 129. The fourth-order valence-electron chi connectivity index (χ4n) is 2.41. The van der Waals surface area contributed by atoms with E-state index in [1.54, 1.807) is 0 Å². The van der Waals surface area contributed by atoms with Gasteiger partial charge in [0.15, 0.2) is 0 Å². The molecule has 1 saturated heterocycles. The van der Waals surface area contributed by atoms with E-state index in [1.165, 1.54) is 51.6 Å². The van der Waals surface area contributed by atoms with Crippen LogP contribution in [0.4, 0.5) is 0 Å². The number of hydrogen-bond acceptors (Lipinski definition) is 2. The van der Waals surface area contributed by atoms with Gasteiger partial charge in [-0.25, -0.2) is 0 Å². The first-order valence-electron chi connectivity index (χ1n) is 5.42. The van der Waals surface area contributed by atoms with Crippen molar-refractivity contribution in [3.63, 3.8) is 0 Å². The first-order chi connectivity index (χ1) is 5.95. The highest BCUT2D eigenvalue weighted by atomic mass is 35.5. The molecule has 2 rings (SSSR count). The smallest absolute Gasteiger partial charge is 0.00938 e. The second-order valence-corrected chi connectivity index (χ2v) is 4.17. The lowest BCUT2D eigenvalue weighted by Crippen LogP contribution is -2.43. The molecule has 2 fully saturated rings. The molecule has 13 heavy (non-hydrogen) atoms. The Kier molecular flexibility index (Phi) is 5.07. The van der Waals surface area contributed by atoms with Crippen LogP contribution in [-0.4, -0.2) is 25.2 Å². The summed E-state index contributed by atoms with van der Waals surface area (Å²) < 4.78 is 0. The van der Waals surface area contributed by atoms with Gasteiger partial charge in [0.25, 0.3) is 0 Å². The van der Waals surface area contributed by atoms with Gasteiger partial charge in [0.05, 0.1) is 0 Å². The van der Waals surface area contributed by atoms with E-state index >= 15 is 0 Å². The van der Waals surface area contributed by atoms with Crippen LogP contribution < -0.4 is 10.6 Å². The maximum Gasteiger partial charge on any atom is 0.00938 e. The standard InChI is InChI=1S/C10H20N2.ClH/c1-2-4-9(3-1)12-10-5-7-11-8-6-10;/h9-12H,1-8H2;1H. The van der Waals surface area contributed by atoms with E-state index in [0.29, 0.717) is 0 Å². The molecule has 0 spiro atoms. The van der Waals surface area contributed by atoms with Crippen molar-refractivity contribution in [2.24, 2.45) is 0 Å². The predicted molar refractivity (Wildman–Crippen MR) is 58.5 cm³/mol. The third-order valence-electron chi connectivity index (χ3n) is 3.17. The number of piperidine rings is 1. The molecule has 2 N–H and O–H groups in total. The summed E-state index contributed by atoms with van der Waals surface area (Å²) in [4.78, 5) is 0. The zero-order valence-corrected chi connectivity index (χ0v) is 9.04. The minimum absolute atomic E-state index is 0. The monoisotopic (exact) mass is 204 g/mol. The van der Waals surface area contributed by atoms with Crippen molar-refractivity contribution < 1.29 is 0 Å². The molecule has 78 valence electrons. The summed E-state index contributed by atoms with van der Waals surface area (Å²) >= 11 is 0. The molecule has 1 saturated carbocycles. The molecule has 0 aromatic heterocycles. The zero-order chi connectivity index (χ0) is 8.23. The van der Waals surface area contributed by atoms with Crippen LogP contribution in [0.2, 0.25) is 0 Å². The van der Waals surface area contributed by atoms with Crippen molar-refractivity contribution in [3.05, 3.63) is 0 Å². The normalized spacial score (nSPS) is 25.8. The summed E-state index contributed by atoms with van der Waals surface area (Å²) in [6.45, 7) is 2.43. The molecule has 0 unspecified atom stereocenters. The van der Waals surface area contributed by atoms with Gasteiger partial charge in [-0.05, 0) is 38.8 Å². The molecule has 1 aliphatic heterocycles. The van der Waals surface area contributed by atoms with E-state index in [-0.39, 0.29) is 12.4 Å². The van der Waals surface area contributed by atoms with Crippen molar-refractivity contribution in [2.45, 2.75) is 50.6 Å². The summed E-state index contributed by atoms with van der Waals surface area (Å²) in [5.74, 6) is 0. The third-order valence-corrected chi connectivity index (χ3v) is 3.17. The van der Waals surface area contributed by atoms with Crippen molar-refractivity contribution in [1.29, 1.82) is 0 Å². The van der Waals surface area contributed by atoms with E-state index in [0.717, 1.165) is 12.1 Å². The Morgan fingerprint density at radius 3 is 2.00 bits per heavy atom. The Balaban J connectivity index is 0.000000845. The second-order valence-electron chi connectivity index (χ2n) is 4.17. The number of nitrogens with one attached hydrogen (secondary N) is 2. The molecule has 2 aliphatic rings. The van der Waals surface area contributed by atoms with Gasteiger partial charge in [-0.15, -0.1) is 12.4 Å². The fourth-order valence-corrected chi connectivity index (χ4v) is 2.41. The molecule has 0 bridgehead atoms. The van der Waals surface area contributed by atoms with Gasteiger partial charge in [0, 0.05) is 12.1 Å². The first-order valence-corrected chi connectivity index (χ1v) is 5.42. The maximum absolute atomic E-state index is 3.78. The average Bonchev–Trinajstić information content (AvgIpc) is 2.59. The van der Waals surface area contributed by atoms with Gasteiger partial charge in [-0.1, -0.05) is 12.8 Å². The largest absolute Gasteiger partial charge is 0.317 e. The van der Waals surface area contributed by atoms with Crippen LogP contribution in [0.3, 0.4) is 0 Å². The van der Waals surface area contributed by atoms with Crippen LogP contribution >= 0.6 is 12.4 Å². The summed E-state index contributed by atoms with van der Waals surface area (Å²) in [7, 11) is 0. The molecule has 1 heterocycles.